The number of ether oxygens (including phenoxy) is 1. The lowest BCUT2D eigenvalue weighted by Crippen LogP contribution is -2.52. The van der Waals surface area contributed by atoms with Gasteiger partial charge in [-0.1, -0.05) is 0 Å². The van der Waals surface area contributed by atoms with Crippen LogP contribution in [0.1, 0.15) is 32.1 Å². The molecule has 4 atom stereocenters. The molecule has 1 aliphatic carbocycles. The number of amides is 1. The van der Waals surface area contributed by atoms with E-state index in [4.69, 9.17) is 16.2 Å². The van der Waals surface area contributed by atoms with Crippen molar-refractivity contribution in [2.45, 2.75) is 55.9 Å². The van der Waals surface area contributed by atoms with Crippen LogP contribution in [0.15, 0.2) is 0 Å². The van der Waals surface area contributed by atoms with E-state index in [1.54, 1.807) is 0 Å². The Bertz CT molecular complexity index is 324. The van der Waals surface area contributed by atoms with Gasteiger partial charge in [-0.3, -0.25) is 9.69 Å². The maximum Gasteiger partial charge on any atom is 0.237 e. The lowest BCUT2D eigenvalue weighted by molar-refractivity contribution is -0.123. The molecule has 0 aromatic rings. The molecule has 3 fully saturated rings. The van der Waals surface area contributed by atoms with E-state index in [9.17, 15) is 4.79 Å². The zero-order chi connectivity index (χ0) is 12.0. The lowest BCUT2D eigenvalue weighted by atomic mass is 9.98. The summed E-state index contributed by atoms with van der Waals surface area (Å²) in [5.74, 6) is -0.351. The minimum absolute atomic E-state index is 0.351. The standard InChI is InChI=1S/C12H21N3O2/c13-11(16)12(14)4-3-8(5-12)15-6-9-1-2-10(7-15)17-9/h8-10H,1-7,14H2,(H2,13,16). The Balaban J connectivity index is 1.65. The van der Waals surface area contributed by atoms with Gasteiger partial charge in [0.25, 0.3) is 0 Å². The number of rotatable bonds is 2. The Morgan fingerprint density at radius 2 is 1.88 bits per heavy atom. The summed E-state index contributed by atoms with van der Waals surface area (Å²) in [6.45, 7) is 1.99. The summed E-state index contributed by atoms with van der Waals surface area (Å²) in [5.41, 5.74) is 10.7. The predicted octanol–water partition coefficient (Wildman–Crippen LogP) is -0.415. The molecule has 1 amide bonds. The van der Waals surface area contributed by atoms with Gasteiger partial charge < -0.3 is 16.2 Å². The van der Waals surface area contributed by atoms with E-state index in [-0.39, 0.29) is 5.91 Å². The number of carbonyl (C=O) groups excluding carboxylic acids is 1. The van der Waals surface area contributed by atoms with Crippen molar-refractivity contribution in [2.24, 2.45) is 11.5 Å². The van der Waals surface area contributed by atoms with Gasteiger partial charge >= 0.3 is 0 Å². The molecule has 0 aromatic heterocycles. The molecular formula is C12H21N3O2. The summed E-state index contributed by atoms with van der Waals surface area (Å²) in [6, 6.07) is 0.416. The lowest BCUT2D eigenvalue weighted by Gasteiger charge is -2.36. The Labute approximate surface area is 101 Å². The highest BCUT2D eigenvalue weighted by molar-refractivity contribution is 5.84. The topological polar surface area (TPSA) is 81.6 Å². The van der Waals surface area contributed by atoms with Crippen LogP contribution in [0.5, 0.6) is 0 Å². The van der Waals surface area contributed by atoms with Gasteiger partial charge in [0.15, 0.2) is 0 Å². The molecule has 3 rings (SSSR count). The number of fused-ring (bicyclic) bond motifs is 2. The minimum atomic E-state index is -0.776. The van der Waals surface area contributed by atoms with Gasteiger partial charge in [-0.2, -0.15) is 0 Å². The second kappa shape index (κ2) is 3.93. The smallest absolute Gasteiger partial charge is 0.237 e. The number of nitrogens with two attached hydrogens (primary N) is 2. The highest BCUT2D eigenvalue weighted by atomic mass is 16.5. The van der Waals surface area contributed by atoms with Gasteiger partial charge in [-0.15, -0.1) is 0 Å². The number of hydrogen-bond acceptors (Lipinski definition) is 4. The van der Waals surface area contributed by atoms with Crippen molar-refractivity contribution >= 4 is 5.91 Å². The highest BCUT2D eigenvalue weighted by Gasteiger charge is 2.45. The number of morpholine rings is 1. The van der Waals surface area contributed by atoms with Crippen LogP contribution >= 0.6 is 0 Å². The minimum Gasteiger partial charge on any atom is -0.372 e. The van der Waals surface area contributed by atoms with Crippen molar-refractivity contribution in [2.75, 3.05) is 13.1 Å². The van der Waals surface area contributed by atoms with E-state index in [0.29, 0.717) is 24.7 Å². The zero-order valence-electron chi connectivity index (χ0n) is 10.1. The Morgan fingerprint density at radius 1 is 1.24 bits per heavy atom. The van der Waals surface area contributed by atoms with Gasteiger partial charge in [-0.25, -0.2) is 0 Å². The Kier molecular flexibility index (Phi) is 2.65. The number of carbonyl (C=O) groups is 1. The Morgan fingerprint density at radius 3 is 2.41 bits per heavy atom. The summed E-state index contributed by atoms with van der Waals surface area (Å²) in [7, 11) is 0. The quantitative estimate of drug-likeness (QED) is 0.686. The van der Waals surface area contributed by atoms with Crippen LogP contribution in [-0.4, -0.2) is 47.7 Å². The molecule has 96 valence electrons. The average Bonchev–Trinajstić information content (AvgIpc) is 2.84. The maximum atomic E-state index is 11.3. The fourth-order valence-corrected chi connectivity index (χ4v) is 3.53. The molecule has 17 heavy (non-hydrogen) atoms. The molecule has 2 heterocycles. The van der Waals surface area contributed by atoms with Crippen LogP contribution < -0.4 is 11.5 Å². The molecule has 0 spiro atoms. The normalized spacial score (nSPS) is 46.3. The molecule has 5 nitrogen and oxygen atoms in total. The Hall–Kier alpha value is -0.650. The van der Waals surface area contributed by atoms with Gasteiger partial charge in [0.1, 0.15) is 0 Å². The molecule has 2 aliphatic heterocycles. The predicted molar refractivity (Wildman–Crippen MR) is 63.2 cm³/mol. The van der Waals surface area contributed by atoms with Crippen LogP contribution in [0.2, 0.25) is 0 Å². The third-order valence-corrected chi connectivity index (χ3v) is 4.60. The van der Waals surface area contributed by atoms with E-state index < -0.39 is 5.54 Å². The van der Waals surface area contributed by atoms with Crippen LogP contribution in [0.25, 0.3) is 0 Å². The number of primary amides is 1. The summed E-state index contributed by atoms with van der Waals surface area (Å²) in [6.07, 6.45) is 5.57. The molecule has 0 radical (unpaired) electrons. The molecule has 5 heteroatoms. The second-order valence-electron chi connectivity index (χ2n) is 5.83. The average molecular weight is 239 g/mol. The number of nitrogens with zero attached hydrogens (tertiary/aromatic N) is 1. The van der Waals surface area contributed by atoms with Crippen molar-refractivity contribution in [3.8, 4) is 0 Å². The molecular weight excluding hydrogens is 218 g/mol. The van der Waals surface area contributed by atoms with E-state index in [0.717, 1.165) is 25.9 Å². The summed E-state index contributed by atoms with van der Waals surface area (Å²) in [4.78, 5) is 13.8. The zero-order valence-corrected chi connectivity index (χ0v) is 10.1. The van der Waals surface area contributed by atoms with Crippen molar-refractivity contribution in [1.82, 2.24) is 4.90 Å². The summed E-state index contributed by atoms with van der Waals surface area (Å²) >= 11 is 0. The second-order valence-corrected chi connectivity index (χ2v) is 5.83. The van der Waals surface area contributed by atoms with Crippen LogP contribution in [-0.2, 0) is 9.53 Å². The number of hydrogen-bond donors (Lipinski definition) is 2. The first-order valence-electron chi connectivity index (χ1n) is 6.55. The van der Waals surface area contributed by atoms with Gasteiger partial charge in [-0.05, 0) is 32.1 Å². The molecule has 1 saturated carbocycles. The summed E-state index contributed by atoms with van der Waals surface area (Å²) < 4.78 is 5.82. The van der Waals surface area contributed by atoms with E-state index in [2.05, 4.69) is 4.90 Å². The fraction of sp³-hybridized carbons (Fsp3) is 0.917. The van der Waals surface area contributed by atoms with Gasteiger partial charge in [0.2, 0.25) is 5.91 Å². The molecule has 3 aliphatic rings. The van der Waals surface area contributed by atoms with Crippen LogP contribution in [0, 0.1) is 0 Å². The molecule has 4 unspecified atom stereocenters. The van der Waals surface area contributed by atoms with Crippen molar-refractivity contribution in [3.63, 3.8) is 0 Å². The van der Waals surface area contributed by atoms with Gasteiger partial charge in [0, 0.05) is 19.1 Å². The highest BCUT2D eigenvalue weighted by Crippen LogP contribution is 2.35. The SMILES string of the molecule is NC(=O)C1(N)CCC(N2CC3CCC(C2)O3)C1. The van der Waals surface area contributed by atoms with Crippen molar-refractivity contribution < 1.29 is 9.53 Å². The largest absolute Gasteiger partial charge is 0.372 e. The maximum absolute atomic E-state index is 11.3. The molecule has 2 bridgehead atoms. The molecule has 2 saturated heterocycles. The summed E-state index contributed by atoms with van der Waals surface area (Å²) in [5, 5.41) is 0. The third-order valence-electron chi connectivity index (χ3n) is 4.60. The van der Waals surface area contributed by atoms with Crippen LogP contribution in [0.4, 0.5) is 0 Å². The fourth-order valence-electron chi connectivity index (χ4n) is 3.53. The van der Waals surface area contributed by atoms with Crippen molar-refractivity contribution in [1.29, 1.82) is 0 Å². The van der Waals surface area contributed by atoms with Crippen LogP contribution in [0.3, 0.4) is 0 Å². The van der Waals surface area contributed by atoms with Crippen molar-refractivity contribution in [3.05, 3.63) is 0 Å². The van der Waals surface area contributed by atoms with Gasteiger partial charge in [0.05, 0.1) is 17.7 Å². The number of likely N-dealkylation sites (tertiary alicyclic amines) is 1. The van der Waals surface area contributed by atoms with E-state index >= 15 is 0 Å². The molecule has 0 aromatic carbocycles. The molecule has 4 N–H and O–H groups in total. The van der Waals surface area contributed by atoms with E-state index in [1.165, 1.54) is 12.8 Å². The van der Waals surface area contributed by atoms with E-state index in [1.807, 2.05) is 0 Å². The first-order valence-corrected chi connectivity index (χ1v) is 6.55. The monoisotopic (exact) mass is 239 g/mol. The first-order chi connectivity index (χ1) is 8.07. The third kappa shape index (κ3) is 1.96. The first kappa shape index (κ1) is 11.4.